The van der Waals surface area contributed by atoms with Gasteiger partial charge in [0.1, 0.15) is 0 Å². The predicted molar refractivity (Wildman–Crippen MR) is 143 cm³/mol. The zero-order valence-corrected chi connectivity index (χ0v) is 20.8. The number of dihydropyridines is 1. The van der Waals surface area contributed by atoms with Crippen LogP contribution in [0.25, 0.3) is 11.0 Å². The van der Waals surface area contributed by atoms with Crippen LogP contribution in [0.5, 0.6) is 0 Å². The van der Waals surface area contributed by atoms with Gasteiger partial charge in [0.2, 0.25) is 0 Å². The molecule has 0 saturated carbocycles. The highest BCUT2D eigenvalue weighted by Gasteiger charge is 2.38. The molecule has 180 valence electrons. The van der Waals surface area contributed by atoms with E-state index in [1.54, 1.807) is 11.3 Å². The van der Waals surface area contributed by atoms with Crippen molar-refractivity contribution in [3.8, 4) is 0 Å². The van der Waals surface area contributed by atoms with Gasteiger partial charge in [-0.2, -0.15) is 0 Å². The number of thiophene rings is 1. The van der Waals surface area contributed by atoms with Crippen LogP contribution in [0.1, 0.15) is 42.5 Å². The molecule has 0 radical (unpaired) electrons. The van der Waals surface area contributed by atoms with E-state index in [2.05, 4.69) is 37.7 Å². The number of benzene rings is 2. The van der Waals surface area contributed by atoms with Gasteiger partial charge in [-0.25, -0.2) is 4.98 Å². The molecule has 1 atom stereocenters. The van der Waals surface area contributed by atoms with Gasteiger partial charge in [0.25, 0.3) is 5.91 Å². The van der Waals surface area contributed by atoms with Gasteiger partial charge in [0.05, 0.1) is 23.9 Å². The van der Waals surface area contributed by atoms with Gasteiger partial charge >= 0.3 is 0 Å². The van der Waals surface area contributed by atoms with E-state index in [9.17, 15) is 9.59 Å². The van der Waals surface area contributed by atoms with Crippen LogP contribution in [-0.2, 0) is 16.1 Å². The minimum Gasteiger partial charge on any atom is -0.362 e. The Labute approximate surface area is 213 Å². The van der Waals surface area contributed by atoms with E-state index in [-0.39, 0.29) is 17.6 Å². The molecule has 1 aliphatic carbocycles. The first-order valence-electron chi connectivity index (χ1n) is 12.2. The van der Waals surface area contributed by atoms with Crippen LogP contribution in [0.15, 0.2) is 94.9 Å². The van der Waals surface area contributed by atoms with Crippen LogP contribution < -0.4 is 10.6 Å². The van der Waals surface area contributed by atoms with Crippen molar-refractivity contribution in [1.82, 2.24) is 14.9 Å². The molecule has 0 bridgehead atoms. The number of hydrogen-bond acceptors (Lipinski definition) is 5. The number of imidazole rings is 1. The van der Waals surface area contributed by atoms with Crippen LogP contribution in [-0.4, -0.2) is 21.2 Å². The Bertz CT molecular complexity index is 1540. The molecule has 2 aromatic heterocycles. The van der Waals surface area contributed by atoms with Crippen molar-refractivity contribution < 1.29 is 9.59 Å². The number of nitrogens with one attached hydrogen (secondary N) is 2. The van der Waals surface area contributed by atoms with E-state index >= 15 is 0 Å². The van der Waals surface area contributed by atoms with Crippen molar-refractivity contribution >= 4 is 39.7 Å². The fourth-order valence-corrected chi connectivity index (χ4v) is 6.18. The number of anilines is 1. The van der Waals surface area contributed by atoms with Gasteiger partial charge in [-0.3, -0.25) is 9.59 Å². The van der Waals surface area contributed by atoms with Crippen molar-refractivity contribution in [2.45, 2.75) is 38.6 Å². The molecular weight excluding hydrogens is 468 g/mol. The quantitative estimate of drug-likeness (QED) is 0.370. The van der Waals surface area contributed by atoms with E-state index in [0.29, 0.717) is 18.5 Å². The summed E-state index contributed by atoms with van der Waals surface area (Å²) in [5.41, 5.74) is 6.87. The van der Waals surface area contributed by atoms with Gasteiger partial charge in [-0.1, -0.05) is 30.3 Å². The van der Waals surface area contributed by atoms with E-state index in [1.807, 2.05) is 61.8 Å². The minimum atomic E-state index is -0.387. The summed E-state index contributed by atoms with van der Waals surface area (Å²) in [6.07, 6.45) is 4.03. The molecule has 2 aromatic carbocycles. The van der Waals surface area contributed by atoms with Crippen LogP contribution in [0.2, 0.25) is 0 Å². The zero-order valence-electron chi connectivity index (χ0n) is 20.0. The molecule has 36 heavy (non-hydrogen) atoms. The third kappa shape index (κ3) is 4.05. The third-order valence-electron chi connectivity index (χ3n) is 6.91. The van der Waals surface area contributed by atoms with Crippen molar-refractivity contribution in [2.24, 2.45) is 0 Å². The second-order valence-corrected chi connectivity index (χ2v) is 10.3. The molecule has 0 saturated heterocycles. The van der Waals surface area contributed by atoms with Crippen molar-refractivity contribution in [1.29, 1.82) is 0 Å². The Balaban J connectivity index is 1.37. The lowest BCUT2D eigenvalue weighted by Gasteiger charge is -2.34. The molecule has 2 N–H and O–H groups in total. The summed E-state index contributed by atoms with van der Waals surface area (Å²) in [6.45, 7) is 2.62. The van der Waals surface area contributed by atoms with Gasteiger partial charge in [-0.05, 0) is 61.0 Å². The Morgan fingerprint density at radius 2 is 1.94 bits per heavy atom. The molecule has 6 nitrogen and oxygen atoms in total. The number of para-hydroxylation sites is 3. The number of carbonyl (C=O) groups excluding carboxylic acids is 2. The van der Waals surface area contributed by atoms with Gasteiger partial charge < -0.3 is 15.2 Å². The van der Waals surface area contributed by atoms with E-state index in [4.69, 9.17) is 0 Å². The fraction of sp³-hybridized carbons (Fsp3) is 0.207. The number of carbonyl (C=O) groups is 2. The van der Waals surface area contributed by atoms with E-state index < -0.39 is 0 Å². The average Bonchev–Trinajstić information content (AvgIpc) is 3.51. The maximum Gasteiger partial charge on any atom is 0.254 e. The summed E-state index contributed by atoms with van der Waals surface area (Å²) in [4.78, 5) is 32.5. The number of nitrogens with zero attached hydrogens (tertiary/aromatic N) is 2. The summed E-state index contributed by atoms with van der Waals surface area (Å²) in [7, 11) is 0. The number of amides is 1. The first kappa shape index (κ1) is 22.5. The second kappa shape index (κ2) is 9.24. The molecule has 0 spiro atoms. The second-order valence-electron chi connectivity index (χ2n) is 9.29. The number of rotatable bonds is 5. The Morgan fingerprint density at radius 1 is 1.14 bits per heavy atom. The summed E-state index contributed by atoms with van der Waals surface area (Å²) < 4.78 is 2.13. The number of allylic oxidation sites excluding steroid dienone is 3. The standard InChI is InChI=1S/C29H26N4O2S/c1-18-26(29(35)32-20-8-3-2-4-9-20)27(28-23(31-18)11-7-13-25(28)34)19-14-21(36-16-19)15-33-17-30-22-10-5-6-12-24(22)33/h2-6,8-10,12,14,16-17,27,31H,7,11,13,15H2,1H3,(H,32,35)/t27-/m0/s1. The van der Waals surface area contributed by atoms with Crippen molar-refractivity contribution in [3.05, 3.63) is 105 Å². The Hall–Kier alpha value is -3.97. The topological polar surface area (TPSA) is 76.0 Å². The number of fused-ring (bicyclic) bond motifs is 1. The highest BCUT2D eigenvalue weighted by Crippen LogP contribution is 2.43. The lowest BCUT2D eigenvalue weighted by atomic mass is 9.75. The van der Waals surface area contributed by atoms with Crippen LogP contribution >= 0.6 is 11.3 Å². The molecule has 1 amide bonds. The molecule has 0 unspecified atom stereocenters. The van der Waals surface area contributed by atoms with E-state index in [1.165, 1.54) is 0 Å². The zero-order chi connectivity index (χ0) is 24.6. The molecular formula is C29H26N4O2S. The maximum atomic E-state index is 13.6. The fourth-order valence-electron chi connectivity index (χ4n) is 5.27. The van der Waals surface area contributed by atoms with Gasteiger partial charge in [-0.15, -0.1) is 11.3 Å². The lowest BCUT2D eigenvalue weighted by Crippen LogP contribution is -2.35. The van der Waals surface area contributed by atoms with Gasteiger partial charge in [0.15, 0.2) is 5.78 Å². The predicted octanol–water partition coefficient (Wildman–Crippen LogP) is 5.75. The maximum absolute atomic E-state index is 13.6. The summed E-state index contributed by atoms with van der Waals surface area (Å²) in [5, 5.41) is 8.53. The normalized spacial score (nSPS) is 17.8. The minimum absolute atomic E-state index is 0.125. The lowest BCUT2D eigenvalue weighted by molar-refractivity contribution is -0.116. The van der Waals surface area contributed by atoms with Crippen LogP contribution in [0, 0.1) is 0 Å². The molecule has 1 aliphatic heterocycles. The Kier molecular flexibility index (Phi) is 5.77. The molecule has 3 heterocycles. The average molecular weight is 495 g/mol. The summed E-state index contributed by atoms with van der Waals surface area (Å²) >= 11 is 1.65. The summed E-state index contributed by atoms with van der Waals surface area (Å²) in [6, 6.07) is 19.7. The largest absolute Gasteiger partial charge is 0.362 e. The highest BCUT2D eigenvalue weighted by molar-refractivity contribution is 7.10. The molecule has 0 fully saturated rings. The number of ketones is 1. The Morgan fingerprint density at radius 3 is 2.81 bits per heavy atom. The molecule has 2 aliphatic rings. The molecule has 4 aromatic rings. The first-order valence-corrected chi connectivity index (χ1v) is 13.0. The third-order valence-corrected chi connectivity index (χ3v) is 7.85. The van der Waals surface area contributed by atoms with Crippen LogP contribution in [0.3, 0.4) is 0 Å². The highest BCUT2D eigenvalue weighted by atomic mass is 32.1. The van der Waals surface area contributed by atoms with Crippen LogP contribution in [0.4, 0.5) is 5.69 Å². The molecule has 6 rings (SSSR count). The summed E-state index contributed by atoms with van der Waals surface area (Å²) in [5.74, 6) is -0.448. The molecule has 7 heteroatoms. The smallest absolute Gasteiger partial charge is 0.254 e. The van der Waals surface area contributed by atoms with Crippen molar-refractivity contribution in [3.63, 3.8) is 0 Å². The van der Waals surface area contributed by atoms with Gasteiger partial charge in [0, 0.05) is 45.4 Å². The number of Topliss-reactive ketones (excluding diaryl/α,β-unsaturated/α-hetero) is 1. The SMILES string of the molecule is CC1=C(C(=O)Nc2ccccc2)[C@H](c2csc(Cn3cnc4ccccc43)c2)C2=C(CCCC2=O)N1. The van der Waals surface area contributed by atoms with Crippen molar-refractivity contribution in [2.75, 3.05) is 5.32 Å². The monoisotopic (exact) mass is 494 g/mol. The van der Waals surface area contributed by atoms with E-state index in [0.717, 1.165) is 57.0 Å². The number of hydrogen-bond donors (Lipinski definition) is 2. The number of aromatic nitrogens is 2. The first-order chi connectivity index (χ1) is 17.6.